The number of carbonyl (C=O) groups excluding carboxylic acids is 1. The summed E-state index contributed by atoms with van der Waals surface area (Å²) in [5.41, 5.74) is 2.21. The molecule has 2 aromatic heterocycles. The Kier molecular flexibility index (Phi) is 4.81. The molecule has 0 aliphatic carbocycles. The summed E-state index contributed by atoms with van der Waals surface area (Å²) < 4.78 is 5.21. The molecule has 0 fully saturated rings. The monoisotopic (exact) mass is 485 g/mol. The van der Waals surface area contributed by atoms with Crippen molar-refractivity contribution >= 4 is 50.1 Å². The molecule has 0 radical (unpaired) electrons. The third-order valence-electron chi connectivity index (χ3n) is 3.13. The van der Waals surface area contributed by atoms with Crippen LogP contribution in [0.5, 0.6) is 0 Å². The van der Waals surface area contributed by atoms with Crippen LogP contribution in [0.4, 0.5) is 5.69 Å². The highest BCUT2D eigenvalue weighted by atomic mass is 127. The highest BCUT2D eigenvalue weighted by Gasteiger charge is 2.14. The molecule has 6 nitrogen and oxygen atoms in total. The molecule has 1 aromatic carbocycles. The fourth-order valence-corrected chi connectivity index (χ4v) is 3.25. The Morgan fingerprint density at radius 1 is 1.39 bits per heavy atom. The first-order chi connectivity index (χ1) is 11.0. The van der Waals surface area contributed by atoms with Crippen molar-refractivity contribution in [1.29, 1.82) is 0 Å². The fraction of sp³-hybridized carbons (Fsp3) is 0.133. The quantitative estimate of drug-likeness (QED) is 0.577. The molecule has 2 heterocycles. The number of nitrogens with one attached hydrogen (secondary N) is 1. The minimum absolute atomic E-state index is 0.214. The number of rotatable bonds is 4. The lowest BCUT2D eigenvalue weighted by atomic mass is 10.2. The topological polar surface area (TPSA) is 64.7 Å². The van der Waals surface area contributed by atoms with Gasteiger partial charge >= 0.3 is 0 Å². The Bertz CT molecular complexity index is 857. The molecule has 0 aliphatic rings. The van der Waals surface area contributed by atoms with E-state index in [1.54, 1.807) is 17.9 Å². The molecule has 0 aliphatic heterocycles. The van der Waals surface area contributed by atoms with Crippen molar-refractivity contribution in [2.24, 2.45) is 7.05 Å². The van der Waals surface area contributed by atoms with Crippen molar-refractivity contribution in [1.82, 2.24) is 19.6 Å². The van der Waals surface area contributed by atoms with E-state index in [2.05, 4.69) is 54.0 Å². The van der Waals surface area contributed by atoms with E-state index in [1.165, 1.54) is 0 Å². The Labute approximate surface area is 155 Å². The summed E-state index contributed by atoms with van der Waals surface area (Å²) in [5.74, 6) is -0.214. The first-order valence-corrected chi connectivity index (χ1v) is 8.66. The maximum Gasteiger partial charge on any atom is 0.277 e. The molecule has 0 spiro atoms. The normalized spacial score (nSPS) is 10.7. The van der Waals surface area contributed by atoms with Crippen LogP contribution < -0.4 is 5.32 Å². The van der Waals surface area contributed by atoms with Crippen molar-refractivity contribution in [2.45, 2.75) is 6.54 Å². The van der Waals surface area contributed by atoms with Crippen LogP contribution in [0.25, 0.3) is 0 Å². The number of hydrogen-bond acceptors (Lipinski definition) is 3. The van der Waals surface area contributed by atoms with E-state index in [0.29, 0.717) is 12.2 Å². The molecule has 3 rings (SSSR count). The summed E-state index contributed by atoms with van der Waals surface area (Å²) in [6.07, 6.45) is 5.46. The van der Waals surface area contributed by atoms with Crippen molar-refractivity contribution in [2.75, 3.05) is 5.32 Å². The molecule has 1 amide bonds. The zero-order valence-electron chi connectivity index (χ0n) is 12.2. The Morgan fingerprint density at radius 3 is 2.87 bits per heavy atom. The fourth-order valence-electron chi connectivity index (χ4n) is 2.16. The van der Waals surface area contributed by atoms with Gasteiger partial charge in [-0.25, -0.2) is 0 Å². The predicted molar refractivity (Wildman–Crippen MR) is 99.3 cm³/mol. The van der Waals surface area contributed by atoms with Crippen LogP contribution >= 0.6 is 38.5 Å². The maximum absolute atomic E-state index is 12.3. The van der Waals surface area contributed by atoms with Gasteiger partial charge in [-0.3, -0.25) is 14.2 Å². The molecule has 8 heteroatoms. The molecule has 3 aromatic rings. The molecule has 0 saturated carbocycles. The molecule has 0 unspecified atom stereocenters. The zero-order chi connectivity index (χ0) is 16.4. The van der Waals surface area contributed by atoms with Gasteiger partial charge in [0.15, 0.2) is 5.69 Å². The average molecular weight is 486 g/mol. The van der Waals surface area contributed by atoms with E-state index in [4.69, 9.17) is 0 Å². The Hall–Kier alpha value is -1.68. The second-order valence-corrected chi connectivity index (χ2v) is 7.09. The molecule has 1 N–H and O–H groups in total. The van der Waals surface area contributed by atoms with Crippen molar-refractivity contribution in [3.05, 3.63) is 62.2 Å². The van der Waals surface area contributed by atoms with E-state index in [-0.39, 0.29) is 5.91 Å². The van der Waals surface area contributed by atoms with Crippen LogP contribution in [0.15, 0.2) is 47.3 Å². The average Bonchev–Trinajstić information content (AvgIpc) is 3.04. The lowest BCUT2D eigenvalue weighted by Gasteiger charge is -2.07. The highest BCUT2D eigenvalue weighted by Crippen LogP contribution is 2.16. The van der Waals surface area contributed by atoms with Crippen molar-refractivity contribution < 1.29 is 4.79 Å². The van der Waals surface area contributed by atoms with Gasteiger partial charge in [0.05, 0.1) is 20.8 Å². The molecule has 118 valence electrons. The number of halogens is 2. The van der Waals surface area contributed by atoms with Gasteiger partial charge in [0.25, 0.3) is 5.91 Å². The third kappa shape index (κ3) is 3.99. The van der Waals surface area contributed by atoms with Gasteiger partial charge in [-0.2, -0.15) is 10.2 Å². The molecular formula is C15H13BrIN5O. The van der Waals surface area contributed by atoms with Crippen LogP contribution in [0.3, 0.4) is 0 Å². The Balaban J connectivity index is 1.74. The smallest absolute Gasteiger partial charge is 0.277 e. The second-order valence-electron chi connectivity index (χ2n) is 5.01. The molecule has 0 bridgehead atoms. The van der Waals surface area contributed by atoms with Gasteiger partial charge in [-0.1, -0.05) is 12.1 Å². The number of benzene rings is 1. The number of anilines is 1. The SMILES string of the molecule is Cn1cc(I)c(C(=O)Nc2cccc(Cn3cc(Br)cn3)c2)n1. The minimum atomic E-state index is -0.214. The lowest BCUT2D eigenvalue weighted by Crippen LogP contribution is -2.14. The van der Waals surface area contributed by atoms with Crippen LogP contribution in [-0.2, 0) is 13.6 Å². The van der Waals surface area contributed by atoms with Gasteiger partial charge in [0.2, 0.25) is 0 Å². The zero-order valence-corrected chi connectivity index (χ0v) is 15.9. The number of aromatic nitrogens is 4. The number of aryl methyl sites for hydroxylation is 1. The number of amides is 1. The lowest BCUT2D eigenvalue weighted by molar-refractivity contribution is 0.102. The van der Waals surface area contributed by atoms with Crippen molar-refractivity contribution in [3.63, 3.8) is 0 Å². The maximum atomic E-state index is 12.3. The predicted octanol–water partition coefficient (Wildman–Crippen LogP) is 3.28. The summed E-state index contributed by atoms with van der Waals surface area (Å²) >= 11 is 5.48. The van der Waals surface area contributed by atoms with Gasteiger partial charge in [0.1, 0.15) is 0 Å². The van der Waals surface area contributed by atoms with E-state index < -0.39 is 0 Å². The summed E-state index contributed by atoms with van der Waals surface area (Å²) in [4.78, 5) is 12.3. The molecule has 23 heavy (non-hydrogen) atoms. The minimum Gasteiger partial charge on any atom is -0.321 e. The standard InChI is InChI=1S/C15H13BrIN5O/c1-21-9-13(17)14(20-21)15(23)19-12-4-2-3-10(5-12)7-22-8-11(16)6-18-22/h2-6,8-9H,7H2,1H3,(H,19,23). The van der Waals surface area contributed by atoms with Crippen LogP contribution in [0.2, 0.25) is 0 Å². The summed E-state index contributed by atoms with van der Waals surface area (Å²) in [6, 6.07) is 7.70. The Morgan fingerprint density at radius 2 is 2.22 bits per heavy atom. The highest BCUT2D eigenvalue weighted by molar-refractivity contribution is 14.1. The second kappa shape index (κ2) is 6.83. The van der Waals surface area contributed by atoms with E-state index >= 15 is 0 Å². The van der Waals surface area contributed by atoms with E-state index in [9.17, 15) is 4.79 Å². The largest absolute Gasteiger partial charge is 0.321 e. The van der Waals surface area contributed by atoms with Gasteiger partial charge in [-0.15, -0.1) is 0 Å². The first-order valence-electron chi connectivity index (χ1n) is 6.78. The first kappa shape index (κ1) is 16.2. The number of hydrogen-bond donors (Lipinski definition) is 1. The van der Waals surface area contributed by atoms with Crippen LogP contribution in [0.1, 0.15) is 16.1 Å². The summed E-state index contributed by atoms with van der Waals surface area (Å²) in [6.45, 7) is 0.635. The van der Waals surface area contributed by atoms with Crippen LogP contribution in [0, 0.1) is 3.57 Å². The summed E-state index contributed by atoms with van der Waals surface area (Å²) in [5, 5.41) is 11.3. The molecular weight excluding hydrogens is 473 g/mol. The molecule has 0 atom stereocenters. The van der Waals surface area contributed by atoms with Gasteiger partial charge in [0, 0.05) is 25.1 Å². The van der Waals surface area contributed by atoms with E-state index in [1.807, 2.05) is 41.3 Å². The third-order valence-corrected chi connectivity index (χ3v) is 4.33. The van der Waals surface area contributed by atoms with Gasteiger partial charge in [-0.05, 0) is 56.2 Å². The van der Waals surface area contributed by atoms with E-state index in [0.717, 1.165) is 19.3 Å². The molecule has 0 saturated heterocycles. The van der Waals surface area contributed by atoms with Crippen LogP contribution in [-0.4, -0.2) is 25.5 Å². The number of carbonyl (C=O) groups is 1. The van der Waals surface area contributed by atoms with Crippen molar-refractivity contribution in [3.8, 4) is 0 Å². The summed E-state index contributed by atoms with van der Waals surface area (Å²) in [7, 11) is 1.79. The van der Waals surface area contributed by atoms with Gasteiger partial charge < -0.3 is 5.32 Å². The number of nitrogens with zero attached hydrogens (tertiary/aromatic N) is 4.